The molecular weight excluding hydrogens is 234 g/mol. The largest absolute Gasteiger partial charge is 0.319 e. The summed E-state index contributed by atoms with van der Waals surface area (Å²) in [6.07, 6.45) is 1.13. The van der Waals surface area contributed by atoms with Gasteiger partial charge in [0.05, 0.1) is 11.0 Å². The Labute approximate surface area is 104 Å². The van der Waals surface area contributed by atoms with Crippen LogP contribution in [0.4, 0.5) is 11.4 Å². The van der Waals surface area contributed by atoms with Crippen molar-refractivity contribution < 1.29 is 9.72 Å². The number of benzene rings is 1. The van der Waals surface area contributed by atoms with Crippen molar-refractivity contribution >= 4 is 17.3 Å². The zero-order chi connectivity index (χ0) is 13.5. The van der Waals surface area contributed by atoms with Gasteiger partial charge in [0, 0.05) is 6.07 Å². The van der Waals surface area contributed by atoms with Crippen molar-refractivity contribution in [3.05, 3.63) is 34.4 Å². The lowest BCUT2D eigenvalue weighted by Gasteiger charge is -2.09. The maximum Gasteiger partial charge on any atom is 0.292 e. The van der Waals surface area contributed by atoms with E-state index in [4.69, 9.17) is 5.26 Å². The van der Waals surface area contributed by atoms with Gasteiger partial charge in [0.1, 0.15) is 11.6 Å². The minimum Gasteiger partial charge on any atom is -0.319 e. The molecular formula is C12H13N3O3. The van der Waals surface area contributed by atoms with E-state index in [1.165, 1.54) is 18.2 Å². The molecule has 0 aliphatic heterocycles. The number of para-hydroxylation sites is 2. The molecule has 0 aliphatic carbocycles. The summed E-state index contributed by atoms with van der Waals surface area (Å²) in [6, 6.07) is 7.74. The number of carbonyl (C=O) groups is 1. The second kappa shape index (κ2) is 6.35. The van der Waals surface area contributed by atoms with Crippen LogP contribution in [0.3, 0.4) is 0 Å². The molecule has 0 saturated heterocycles. The van der Waals surface area contributed by atoms with Crippen LogP contribution in [0.1, 0.15) is 19.8 Å². The normalized spacial score (nSPS) is 11.3. The Morgan fingerprint density at radius 2 is 2.22 bits per heavy atom. The summed E-state index contributed by atoms with van der Waals surface area (Å²) in [5, 5.41) is 22.0. The summed E-state index contributed by atoms with van der Waals surface area (Å²) in [5.74, 6) is -1.29. The van der Waals surface area contributed by atoms with Gasteiger partial charge in [-0.25, -0.2) is 0 Å². The van der Waals surface area contributed by atoms with Crippen molar-refractivity contribution in [1.29, 1.82) is 5.26 Å². The molecule has 1 unspecified atom stereocenters. The zero-order valence-corrected chi connectivity index (χ0v) is 9.92. The van der Waals surface area contributed by atoms with E-state index in [0.29, 0.717) is 12.8 Å². The van der Waals surface area contributed by atoms with Crippen LogP contribution in [0.5, 0.6) is 0 Å². The molecule has 0 spiro atoms. The number of rotatable bonds is 5. The topological polar surface area (TPSA) is 96.0 Å². The van der Waals surface area contributed by atoms with Gasteiger partial charge >= 0.3 is 0 Å². The molecule has 1 aromatic carbocycles. The number of nitrogens with zero attached hydrogens (tertiary/aromatic N) is 2. The van der Waals surface area contributed by atoms with Crippen LogP contribution < -0.4 is 5.32 Å². The molecule has 94 valence electrons. The Bertz CT molecular complexity index is 494. The number of nitrogens with one attached hydrogen (secondary N) is 1. The smallest absolute Gasteiger partial charge is 0.292 e. The molecule has 1 aromatic rings. The first-order valence-electron chi connectivity index (χ1n) is 5.54. The van der Waals surface area contributed by atoms with Crippen molar-refractivity contribution in [1.82, 2.24) is 0 Å². The van der Waals surface area contributed by atoms with Crippen LogP contribution in [0, 0.1) is 27.4 Å². The molecule has 0 heterocycles. The number of nitro benzene ring substituents is 1. The minimum atomic E-state index is -0.783. The minimum absolute atomic E-state index is 0.115. The molecule has 0 radical (unpaired) electrons. The van der Waals surface area contributed by atoms with E-state index in [0.717, 1.165) is 0 Å². The molecule has 0 aromatic heterocycles. The molecule has 0 saturated carbocycles. The summed E-state index contributed by atoms with van der Waals surface area (Å²) in [7, 11) is 0. The van der Waals surface area contributed by atoms with E-state index >= 15 is 0 Å². The Balaban J connectivity index is 2.88. The SMILES string of the molecule is CCCC(C#N)C(=O)Nc1ccccc1[N+](=O)[O-]. The van der Waals surface area contributed by atoms with Crippen LogP contribution in [0.15, 0.2) is 24.3 Å². The van der Waals surface area contributed by atoms with E-state index in [-0.39, 0.29) is 11.4 Å². The Kier molecular flexibility index (Phi) is 4.81. The molecule has 18 heavy (non-hydrogen) atoms. The quantitative estimate of drug-likeness (QED) is 0.638. The first kappa shape index (κ1) is 13.6. The number of anilines is 1. The van der Waals surface area contributed by atoms with Crippen molar-refractivity contribution in [3.63, 3.8) is 0 Å². The summed E-state index contributed by atoms with van der Waals surface area (Å²) >= 11 is 0. The molecule has 1 N–H and O–H groups in total. The summed E-state index contributed by atoms with van der Waals surface area (Å²) < 4.78 is 0. The molecule has 0 aliphatic rings. The second-order valence-electron chi connectivity index (χ2n) is 3.73. The van der Waals surface area contributed by atoms with E-state index in [2.05, 4.69) is 5.32 Å². The van der Waals surface area contributed by atoms with Crippen molar-refractivity contribution in [2.75, 3.05) is 5.32 Å². The average molecular weight is 247 g/mol. The second-order valence-corrected chi connectivity index (χ2v) is 3.73. The fourth-order valence-corrected chi connectivity index (χ4v) is 1.50. The molecule has 0 fully saturated rings. The summed E-state index contributed by atoms with van der Waals surface area (Å²) in [4.78, 5) is 21.9. The maximum atomic E-state index is 11.8. The van der Waals surface area contributed by atoms with Gasteiger partial charge in [0.2, 0.25) is 5.91 Å². The third kappa shape index (κ3) is 3.28. The highest BCUT2D eigenvalue weighted by atomic mass is 16.6. The number of amides is 1. The predicted molar refractivity (Wildman–Crippen MR) is 65.7 cm³/mol. The van der Waals surface area contributed by atoms with Gasteiger partial charge in [0.15, 0.2) is 0 Å². The highest BCUT2D eigenvalue weighted by Gasteiger charge is 2.20. The zero-order valence-electron chi connectivity index (χ0n) is 9.92. The summed E-state index contributed by atoms with van der Waals surface area (Å²) in [5.41, 5.74) is -0.0668. The number of carbonyl (C=O) groups excluding carboxylic acids is 1. The summed E-state index contributed by atoms with van der Waals surface area (Å²) in [6.45, 7) is 1.86. The standard InChI is InChI=1S/C12H13N3O3/c1-2-5-9(8-13)12(16)14-10-6-3-4-7-11(10)15(17)18/h3-4,6-7,9H,2,5H2,1H3,(H,14,16). The lowest BCUT2D eigenvalue weighted by Crippen LogP contribution is -2.21. The van der Waals surface area contributed by atoms with Crippen LogP contribution >= 0.6 is 0 Å². The molecule has 1 rings (SSSR count). The number of nitro groups is 1. The number of hydrogen-bond donors (Lipinski definition) is 1. The maximum absolute atomic E-state index is 11.8. The van der Waals surface area contributed by atoms with Gasteiger partial charge in [0.25, 0.3) is 5.69 Å². The Morgan fingerprint density at radius 3 is 2.78 bits per heavy atom. The van der Waals surface area contributed by atoms with Gasteiger partial charge in [-0.15, -0.1) is 0 Å². The van der Waals surface area contributed by atoms with Crippen LogP contribution in [0.2, 0.25) is 0 Å². The third-order valence-corrected chi connectivity index (χ3v) is 2.41. The predicted octanol–water partition coefficient (Wildman–Crippen LogP) is 2.47. The van der Waals surface area contributed by atoms with Crippen molar-refractivity contribution in [2.24, 2.45) is 5.92 Å². The van der Waals surface area contributed by atoms with Gasteiger partial charge in [-0.3, -0.25) is 14.9 Å². The molecule has 1 atom stereocenters. The first-order valence-corrected chi connectivity index (χ1v) is 5.54. The monoisotopic (exact) mass is 247 g/mol. The van der Waals surface area contributed by atoms with Crippen LogP contribution in [-0.2, 0) is 4.79 Å². The molecule has 1 amide bonds. The average Bonchev–Trinajstić information content (AvgIpc) is 2.36. The molecule has 6 heteroatoms. The van der Waals surface area contributed by atoms with Gasteiger partial charge in [-0.1, -0.05) is 25.5 Å². The third-order valence-electron chi connectivity index (χ3n) is 2.41. The molecule has 6 nitrogen and oxygen atoms in total. The van der Waals surface area contributed by atoms with Crippen molar-refractivity contribution in [3.8, 4) is 6.07 Å². The lowest BCUT2D eigenvalue weighted by atomic mass is 10.0. The van der Waals surface area contributed by atoms with Gasteiger partial charge < -0.3 is 5.32 Å². The van der Waals surface area contributed by atoms with Crippen LogP contribution in [0.25, 0.3) is 0 Å². The van der Waals surface area contributed by atoms with Crippen molar-refractivity contribution in [2.45, 2.75) is 19.8 Å². The number of hydrogen-bond acceptors (Lipinski definition) is 4. The first-order chi connectivity index (χ1) is 8.60. The Hall–Kier alpha value is -2.42. The van der Waals surface area contributed by atoms with Gasteiger partial charge in [-0.05, 0) is 12.5 Å². The highest BCUT2D eigenvalue weighted by Crippen LogP contribution is 2.24. The fourth-order valence-electron chi connectivity index (χ4n) is 1.50. The highest BCUT2D eigenvalue weighted by molar-refractivity contribution is 5.96. The molecule has 0 bridgehead atoms. The van der Waals surface area contributed by atoms with E-state index in [1.54, 1.807) is 6.07 Å². The van der Waals surface area contributed by atoms with E-state index < -0.39 is 16.7 Å². The van der Waals surface area contributed by atoms with E-state index in [9.17, 15) is 14.9 Å². The van der Waals surface area contributed by atoms with Gasteiger partial charge in [-0.2, -0.15) is 5.26 Å². The fraction of sp³-hybridized carbons (Fsp3) is 0.333. The van der Waals surface area contributed by atoms with E-state index in [1.807, 2.05) is 13.0 Å². The Morgan fingerprint density at radius 1 is 1.56 bits per heavy atom. The lowest BCUT2D eigenvalue weighted by molar-refractivity contribution is -0.383. The number of nitriles is 1. The van der Waals surface area contributed by atoms with Crippen LogP contribution in [-0.4, -0.2) is 10.8 Å².